The normalized spacial score (nSPS) is 18.6. The predicted molar refractivity (Wildman–Crippen MR) is 140 cm³/mol. The minimum atomic E-state index is 0.647. The van der Waals surface area contributed by atoms with Crippen LogP contribution in [0.3, 0.4) is 0 Å². The number of rotatable bonds is 9. The van der Waals surface area contributed by atoms with Gasteiger partial charge in [-0.05, 0) is 73.9 Å². The van der Waals surface area contributed by atoms with Gasteiger partial charge in [0.25, 0.3) is 0 Å². The average molecular weight is 475 g/mol. The number of aromatic nitrogens is 3. The SMILES string of the molecule is Cn1c(-c2ncc(C3CCC3)n2CCCc2ccc(OC[C@H]3CCNC3)cc2)cc2sccc21. The van der Waals surface area contributed by atoms with Gasteiger partial charge in [-0.3, -0.25) is 0 Å². The third-order valence-corrected chi connectivity index (χ3v) is 8.57. The van der Waals surface area contributed by atoms with Crippen LogP contribution in [-0.4, -0.2) is 33.8 Å². The smallest absolute Gasteiger partial charge is 0.156 e. The molecule has 1 aliphatic carbocycles. The van der Waals surface area contributed by atoms with Crippen LogP contribution in [0.2, 0.25) is 0 Å². The van der Waals surface area contributed by atoms with Gasteiger partial charge in [0.1, 0.15) is 5.75 Å². The topological polar surface area (TPSA) is 44.0 Å². The molecule has 1 N–H and O–H groups in total. The quantitative estimate of drug-likeness (QED) is 0.324. The molecule has 6 rings (SSSR count). The lowest BCUT2D eigenvalue weighted by Crippen LogP contribution is -2.16. The Morgan fingerprint density at radius 2 is 2.03 bits per heavy atom. The molecular weight excluding hydrogens is 440 g/mol. The van der Waals surface area contributed by atoms with Gasteiger partial charge in [0, 0.05) is 43.9 Å². The standard InChI is InChI=1S/C28H34N4OS/c1-31-24-12-15-34-27(24)16-25(31)28-30-18-26(22-5-2-6-22)32(28)14-3-4-20-7-9-23(10-8-20)33-19-21-11-13-29-17-21/h7-10,12,15-16,18,21-22,29H,2-6,11,13-14,17,19H2,1H3/t21-/m0/s1. The fraction of sp³-hybridized carbons (Fsp3) is 0.464. The Balaban J connectivity index is 1.14. The molecule has 1 aliphatic heterocycles. The van der Waals surface area contributed by atoms with Gasteiger partial charge >= 0.3 is 0 Å². The summed E-state index contributed by atoms with van der Waals surface area (Å²) >= 11 is 1.81. The second-order valence-electron chi connectivity index (χ2n) is 9.96. The first kappa shape index (κ1) is 21.9. The molecule has 2 fully saturated rings. The van der Waals surface area contributed by atoms with Gasteiger partial charge in [-0.25, -0.2) is 4.98 Å². The molecule has 0 spiro atoms. The summed E-state index contributed by atoms with van der Waals surface area (Å²) in [7, 11) is 2.17. The largest absolute Gasteiger partial charge is 0.493 e. The Bertz CT molecular complexity index is 1240. The molecule has 1 atom stereocenters. The van der Waals surface area contributed by atoms with Crippen LogP contribution < -0.4 is 10.1 Å². The monoisotopic (exact) mass is 474 g/mol. The molecule has 5 nitrogen and oxygen atoms in total. The summed E-state index contributed by atoms with van der Waals surface area (Å²) in [5.74, 6) is 3.43. The van der Waals surface area contributed by atoms with Crippen LogP contribution in [0.25, 0.3) is 21.7 Å². The molecular formula is C28H34N4OS. The van der Waals surface area contributed by atoms with Crippen molar-refractivity contribution in [1.82, 2.24) is 19.4 Å². The van der Waals surface area contributed by atoms with E-state index in [1.807, 2.05) is 11.3 Å². The third-order valence-electron chi connectivity index (χ3n) is 7.72. The Hall–Kier alpha value is -2.57. The highest BCUT2D eigenvalue weighted by atomic mass is 32.1. The molecule has 4 aromatic rings. The number of hydrogen-bond donors (Lipinski definition) is 1. The van der Waals surface area contributed by atoms with Crippen molar-refractivity contribution in [3.63, 3.8) is 0 Å². The number of nitrogens with one attached hydrogen (secondary N) is 1. The summed E-state index contributed by atoms with van der Waals surface area (Å²) in [5, 5.41) is 5.58. The molecule has 0 unspecified atom stereocenters. The highest BCUT2D eigenvalue weighted by molar-refractivity contribution is 7.17. The van der Waals surface area contributed by atoms with E-state index in [0.29, 0.717) is 11.8 Å². The Morgan fingerprint density at radius 1 is 1.15 bits per heavy atom. The van der Waals surface area contributed by atoms with Gasteiger partial charge in [-0.15, -0.1) is 11.3 Å². The lowest BCUT2D eigenvalue weighted by molar-refractivity contribution is 0.260. The van der Waals surface area contributed by atoms with E-state index in [-0.39, 0.29) is 0 Å². The zero-order valence-electron chi connectivity index (χ0n) is 20.0. The highest BCUT2D eigenvalue weighted by Gasteiger charge is 2.26. The van der Waals surface area contributed by atoms with E-state index < -0.39 is 0 Å². The van der Waals surface area contributed by atoms with E-state index in [9.17, 15) is 0 Å². The summed E-state index contributed by atoms with van der Waals surface area (Å²) in [6.07, 6.45) is 9.48. The molecule has 1 saturated carbocycles. The summed E-state index contributed by atoms with van der Waals surface area (Å²) in [4.78, 5) is 4.94. The van der Waals surface area contributed by atoms with E-state index in [4.69, 9.17) is 9.72 Å². The maximum atomic E-state index is 6.01. The van der Waals surface area contributed by atoms with Gasteiger partial charge in [0.05, 0.1) is 22.5 Å². The number of ether oxygens (including phenoxy) is 1. The van der Waals surface area contributed by atoms with E-state index in [1.165, 1.54) is 52.9 Å². The molecule has 34 heavy (non-hydrogen) atoms. The lowest BCUT2D eigenvalue weighted by atomic mass is 9.83. The van der Waals surface area contributed by atoms with Crippen molar-refractivity contribution in [2.75, 3.05) is 19.7 Å². The number of imidazole rings is 1. The van der Waals surface area contributed by atoms with Crippen LogP contribution in [0.15, 0.2) is 48.0 Å². The van der Waals surface area contributed by atoms with Gasteiger partial charge in [-0.1, -0.05) is 18.6 Å². The van der Waals surface area contributed by atoms with Crippen LogP contribution in [0.5, 0.6) is 5.75 Å². The summed E-state index contributed by atoms with van der Waals surface area (Å²) in [5.41, 5.74) is 5.33. The first-order valence-electron chi connectivity index (χ1n) is 12.8. The van der Waals surface area contributed by atoms with Gasteiger partial charge in [0.2, 0.25) is 0 Å². The van der Waals surface area contributed by atoms with Crippen LogP contribution in [-0.2, 0) is 20.0 Å². The Kier molecular flexibility index (Phi) is 6.18. The first-order valence-corrected chi connectivity index (χ1v) is 13.7. The van der Waals surface area contributed by atoms with Crippen LogP contribution >= 0.6 is 11.3 Å². The molecule has 4 heterocycles. The van der Waals surface area contributed by atoms with Crippen LogP contribution in [0.4, 0.5) is 0 Å². The first-order chi connectivity index (χ1) is 16.8. The highest BCUT2D eigenvalue weighted by Crippen LogP contribution is 2.39. The zero-order valence-corrected chi connectivity index (χ0v) is 20.8. The molecule has 2 aliphatic rings. The van der Waals surface area contributed by atoms with Crippen molar-refractivity contribution in [3.8, 4) is 17.3 Å². The van der Waals surface area contributed by atoms with E-state index >= 15 is 0 Å². The molecule has 0 bridgehead atoms. The number of benzene rings is 1. The van der Waals surface area contributed by atoms with Crippen molar-refractivity contribution >= 4 is 21.6 Å². The van der Waals surface area contributed by atoms with Crippen molar-refractivity contribution in [1.29, 1.82) is 0 Å². The molecule has 178 valence electrons. The van der Waals surface area contributed by atoms with Gasteiger partial charge < -0.3 is 19.2 Å². The number of hydrogen-bond acceptors (Lipinski definition) is 4. The Labute approximate surface area is 205 Å². The van der Waals surface area contributed by atoms with Crippen molar-refractivity contribution in [3.05, 3.63) is 59.2 Å². The summed E-state index contributed by atoms with van der Waals surface area (Å²) in [6, 6.07) is 13.3. The second kappa shape index (κ2) is 9.59. The van der Waals surface area contributed by atoms with Crippen molar-refractivity contribution in [2.24, 2.45) is 13.0 Å². The average Bonchev–Trinajstić information content (AvgIpc) is 3.60. The maximum Gasteiger partial charge on any atom is 0.156 e. The Morgan fingerprint density at radius 3 is 2.76 bits per heavy atom. The van der Waals surface area contributed by atoms with Crippen LogP contribution in [0, 0.1) is 5.92 Å². The zero-order chi connectivity index (χ0) is 22.9. The molecule has 6 heteroatoms. The third kappa shape index (κ3) is 4.29. The van der Waals surface area contributed by atoms with Crippen molar-refractivity contribution in [2.45, 2.75) is 51.0 Å². The second-order valence-corrected chi connectivity index (χ2v) is 10.9. The summed E-state index contributed by atoms with van der Waals surface area (Å²) in [6.45, 7) is 4.03. The van der Waals surface area contributed by atoms with E-state index in [0.717, 1.165) is 50.7 Å². The molecule has 1 saturated heterocycles. The number of nitrogens with zero attached hydrogens (tertiary/aromatic N) is 3. The van der Waals surface area contributed by atoms with Crippen LogP contribution in [0.1, 0.15) is 49.3 Å². The fourth-order valence-electron chi connectivity index (χ4n) is 5.39. The number of aryl methyl sites for hydroxylation is 2. The molecule has 1 aromatic carbocycles. The van der Waals surface area contributed by atoms with Crippen molar-refractivity contribution < 1.29 is 4.74 Å². The van der Waals surface area contributed by atoms with E-state index in [2.05, 4.69) is 69.5 Å². The van der Waals surface area contributed by atoms with Gasteiger partial charge in [-0.2, -0.15) is 0 Å². The summed E-state index contributed by atoms with van der Waals surface area (Å²) < 4.78 is 12.2. The molecule has 0 radical (unpaired) electrons. The minimum Gasteiger partial charge on any atom is -0.493 e. The number of fused-ring (bicyclic) bond motifs is 1. The van der Waals surface area contributed by atoms with E-state index in [1.54, 1.807) is 0 Å². The lowest BCUT2D eigenvalue weighted by Gasteiger charge is -2.27. The maximum absolute atomic E-state index is 6.01. The minimum absolute atomic E-state index is 0.647. The number of thiophene rings is 1. The molecule has 0 amide bonds. The van der Waals surface area contributed by atoms with Gasteiger partial charge in [0.15, 0.2) is 5.82 Å². The predicted octanol–water partition coefficient (Wildman–Crippen LogP) is 5.99. The fourth-order valence-corrected chi connectivity index (χ4v) is 6.24. The molecule has 3 aromatic heterocycles.